The number of nitrogens with zero attached hydrogens (tertiary/aromatic N) is 2. The van der Waals surface area contributed by atoms with Gasteiger partial charge in [0.05, 0.1) is 19.3 Å². The number of rotatable bonds is 9. The van der Waals surface area contributed by atoms with Crippen molar-refractivity contribution in [2.45, 2.75) is 37.8 Å². The molecular weight excluding hydrogens is 559 g/mol. The van der Waals surface area contributed by atoms with E-state index in [0.29, 0.717) is 41.4 Å². The second kappa shape index (κ2) is 9.70. The van der Waals surface area contributed by atoms with E-state index in [1.165, 1.54) is 23.5 Å². The number of aromatic nitrogens is 1. The van der Waals surface area contributed by atoms with Crippen molar-refractivity contribution in [3.05, 3.63) is 62.5 Å². The van der Waals surface area contributed by atoms with E-state index in [2.05, 4.69) is 19.8 Å². The molecule has 202 valence electrons. The van der Waals surface area contributed by atoms with E-state index in [4.69, 9.17) is 21.3 Å². The summed E-state index contributed by atoms with van der Waals surface area (Å²) in [5.41, 5.74) is -0.106. The van der Waals surface area contributed by atoms with Crippen molar-refractivity contribution < 1.29 is 31.9 Å². The summed E-state index contributed by atoms with van der Waals surface area (Å²) in [6, 6.07) is 2.98. The van der Waals surface area contributed by atoms with Crippen LogP contribution in [0.15, 0.2) is 46.0 Å². The van der Waals surface area contributed by atoms with Gasteiger partial charge in [-0.1, -0.05) is 17.7 Å². The maximum absolute atomic E-state index is 13.9. The molecule has 1 aliphatic heterocycles. The third kappa shape index (κ3) is 4.72. The molecule has 3 saturated carbocycles. The zero-order chi connectivity index (χ0) is 27.3. The lowest BCUT2D eigenvalue weighted by atomic mass is 9.38. The van der Waals surface area contributed by atoms with Crippen LogP contribution in [0.25, 0.3) is 0 Å². The number of thiazole rings is 1. The highest BCUT2D eigenvalue weighted by molar-refractivity contribution is 7.90. The molecule has 3 aliphatic carbocycles. The van der Waals surface area contributed by atoms with Gasteiger partial charge in [0, 0.05) is 38.8 Å². The number of carbonyl (C=O) groups excluding carboxylic acids is 2. The van der Waals surface area contributed by atoms with Gasteiger partial charge in [-0.05, 0) is 38.3 Å². The quantitative estimate of drug-likeness (QED) is 0.431. The number of sulfonamides is 1. The summed E-state index contributed by atoms with van der Waals surface area (Å²) < 4.78 is 51.4. The van der Waals surface area contributed by atoms with Crippen LogP contribution in [0.1, 0.15) is 42.8 Å². The minimum absolute atomic E-state index is 0.102. The predicted molar refractivity (Wildman–Crippen MR) is 138 cm³/mol. The second-order valence-electron chi connectivity index (χ2n) is 9.55. The smallest absolute Gasteiger partial charge is 0.338 e. The Kier molecular flexibility index (Phi) is 6.83. The number of halogens is 2. The number of allylic oxidation sites excluding steroid dienone is 1. The van der Waals surface area contributed by atoms with Crippen LogP contribution in [-0.4, -0.2) is 56.2 Å². The Morgan fingerprint density at radius 1 is 1.32 bits per heavy atom. The molecule has 0 amide bonds. The van der Waals surface area contributed by atoms with E-state index in [1.54, 1.807) is 18.5 Å². The number of ether oxygens (including phenoxy) is 2. The maximum atomic E-state index is 13.9. The Balaban J connectivity index is 1.54. The van der Waals surface area contributed by atoms with Crippen molar-refractivity contribution >= 4 is 50.7 Å². The molecule has 10 nitrogen and oxygen atoms in total. The highest BCUT2D eigenvalue weighted by Gasteiger charge is 2.71. The zero-order valence-corrected chi connectivity index (χ0v) is 22.8. The van der Waals surface area contributed by atoms with E-state index in [-0.39, 0.29) is 17.2 Å². The van der Waals surface area contributed by atoms with Crippen LogP contribution < -0.4 is 10.0 Å². The van der Waals surface area contributed by atoms with Crippen molar-refractivity contribution in [1.29, 1.82) is 0 Å². The molecule has 2 N–H and O–H groups in total. The fraction of sp³-hybridized carbons (Fsp3) is 0.417. The van der Waals surface area contributed by atoms with E-state index in [0.717, 1.165) is 13.2 Å². The van der Waals surface area contributed by atoms with E-state index in [1.807, 2.05) is 0 Å². The van der Waals surface area contributed by atoms with Crippen LogP contribution in [0.5, 0.6) is 0 Å². The molecule has 1 unspecified atom stereocenters. The molecule has 1 aromatic heterocycles. The Morgan fingerprint density at radius 3 is 2.66 bits per heavy atom. The molecule has 2 heterocycles. The largest absolute Gasteiger partial charge is 0.468 e. The number of amidine groups is 1. The Morgan fingerprint density at radius 2 is 2.05 bits per heavy atom. The molecule has 1 atom stereocenters. The summed E-state index contributed by atoms with van der Waals surface area (Å²) in [5, 5.41) is 5.75. The molecule has 0 radical (unpaired) electrons. The molecule has 1 aromatic carbocycles. The van der Waals surface area contributed by atoms with Gasteiger partial charge >= 0.3 is 11.9 Å². The molecule has 14 heteroatoms. The Hall–Kier alpha value is -2.87. The molecule has 4 aliphatic rings. The van der Waals surface area contributed by atoms with Gasteiger partial charge in [0.15, 0.2) is 16.6 Å². The lowest BCUT2D eigenvalue weighted by Crippen LogP contribution is -2.76. The standard InChI is InChI=1S/C24H24ClFN4O6S2/c1-3-36-22(32)17-18(14-5-4-13(26)8-15(14)25)28-20(21-27-6-7-37-21)29-19(17)23-10-24(11-23,12-23)30-38(33,34)9-16(31)35-2/h4-8,18,30H,3,9-12H2,1-2H3,(H,28,29). The van der Waals surface area contributed by atoms with Crippen molar-refractivity contribution in [3.63, 3.8) is 0 Å². The number of aliphatic imine (C=N–C) groups is 1. The van der Waals surface area contributed by atoms with Gasteiger partial charge in [0.1, 0.15) is 11.9 Å². The Labute approximate surface area is 227 Å². The number of esters is 2. The predicted octanol–water partition coefficient (Wildman–Crippen LogP) is 2.86. The fourth-order valence-corrected chi connectivity index (χ4v) is 7.76. The number of carbonyl (C=O) groups is 2. The van der Waals surface area contributed by atoms with E-state index < -0.39 is 50.5 Å². The average Bonchev–Trinajstić information content (AvgIpc) is 3.34. The Bertz CT molecular complexity index is 1450. The summed E-state index contributed by atoms with van der Waals surface area (Å²) in [6.45, 7) is 1.80. The molecule has 3 fully saturated rings. The number of hydrogen-bond donors (Lipinski definition) is 2. The van der Waals surface area contributed by atoms with E-state index in [9.17, 15) is 22.4 Å². The maximum Gasteiger partial charge on any atom is 0.338 e. The van der Waals surface area contributed by atoms with Crippen molar-refractivity contribution in [2.75, 3.05) is 19.5 Å². The second-order valence-corrected chi connectivity index (χ2v) is 12.6. The monoisotopic (exact) mass is 582 g/mol. The first-order valence-corrected chi connectivity index (χ1v) is 14.6. The van der Waals surface area contributed by atoms with Crippen molar-refractivity contribution in [3.8, 4) is 0 Å². The van der Waals surface area contributed by atoms with Crippen molar-refractivity contribution in [2.24, 2.45) is 10.4 Å². The zero-order valence-electron chi connectivity index (χ0n) is 20.4. The van der Waals surface area contributed by atoms with Gasteiger partial charge in [-0.15, -0.1) is 11.3 Å². The molecule has 38 heavy (non-hydrogen) atoms. The first-order chi connectivity index (χ1) is 18.0. The van der Waals surface area contributed by atoms with Gasteiger partial charge in [-0.3, -0.25) is 9.79 Å². The van der Waals surface area contributed by atoms with Crippen LogP contribution >= 0.6 is 22.9 Å². The third-order valence-corrected chi connectivity index (χ3v) is 9.37. The van der Waals surface area contributed by atoms with Gasteiger partial charge in [0.2, 0.25) is 10.0 Å². The highest BCUT2D eigenvalue weighted by Crippen LogP contribution is 2.71. The van der Waals surface area contributed by atoms with Crippen LogP contribution in [0, 0.1) is 11.2 Å². The van der Waals surface area contributed by atoms with Gasteiger partial charge in [-0.2, -0.15) is 0 Å². The minimum Gasteiger partial charge on any atom is -0.468 e. The molecule has 0 saturated heterocycles. The van der Waals surface area contributed by atoms with Crippen molar-refractivity contribution in [1.82, 2.24) is 15.0 Å². The molecule has 6 rings (SSSR count). The lowest BCUT2D eigenvalue weighted by Gasteiger charge is -2.71. The van der Waals surface area contributed by atoms with Gasteiger partial charge in [0.25, 0.3) is 0 Å². The number of nitrogens with one attached hydrogen (secondary N) is 2. The summed E-state index contributed by atoms with van der Waals surface area (Å²) in [5.74, 6) is -2.35. The molecule has 0 spiro atoms. The SMILES string of the molecule is CCOC(=O)C1=C(C23CC(NS(=O)(=O)CC(=O)OC)(C2)C3)NC(c2nccs2)=NC1c1ccc(F)cc1Cl. The highest BCUT2D eigenvalue weighted by atomic mass is 35.5. The number of hydrogen-bond acceptors (Lipinski definition) is 10. The summed E-state index contributed by atoms with van der Waals surface area (Å²) in [6.07, 6.45) is 2.79. The average molecular weight is 583 g/mol. The lowest BCUT2D eigenvalue weighted by molar-refractivity contribution is -0.141. The topological polar surface area (TPSA) is 136 Å². The third-order valence-electron chi connectivity index (χ3n) is 6.90. The number of benzene rings is 1. The molecule has 2 aromatic rings. The van der Waals surface area contributed by atoms with E-state index >= 15 is 0 Å². The first kappa shape index (κ1) is 26.7. The van der Waals surface area contributed by atoms with Crippen LogP contribution in [-0.2, 0) is 29.1 Å². The van der Waals surface area contributed by atoms with Gasteiger partial charge < -0.3 is 14.8 Å². The first-order valence-electron chi connectivity index (χ1n) is 11.7. The van der Waals surface area contributed by atoms with Crippen LogP contribution in [0.2, 0.25) is 5.02 Å². The molecule has 2 bridgehead atoms. The van der Waals surface area contributed by atoms with Crippen LogP contribution in [0.4, 0.5) is 4.39 Å². The summed E-state index contributed by atoms with van der Waals surface area (Å²) in [4.78, 5) is 34.0. The summed E-state index contributed by atoms with van der Waals surface area (Å²) >= 11 is 7.77. The minimum atomic E-state index is -3.92. The van der Waals surface area contributed by atoms with Gasteiger partial charge in [-0.25, -0.2) is 27.3 Å². The number of methoxy groups -OCH3 is 1. The summed E-state index contributed by atoms with van der Waals surface area (Å²) in [7, 11) is -2.79. The van der Waals surface area contributed by atoms with Crippen LogP contribution in [0.3, 0.4) is 0 Å². The normalized spacial score (nSPS) is 26.0. The fourth-order valence-electron chi connectivity index (χ4n) is 5.53. The molecular formula is C24H24ClFN4O6S2.